The van der Waals surface area contributed by atoms with E-state index in [9.17, 15) is 4.39 Å². The highest BCUT2D eigenvalue weighted by Gasteiger charge is 2.07. The molecule has 0 unspecified atom stereocenters. The molecule has 1 aromatic carbocycles. The summed E-state index contributed by atoms with van der Waals surface area (Å²) in [6.07, 6.45) is 0. The zero-order chi connectivity index (χ0) is 9.84. The van der Waals surface area contributed by atoms with Crippen LogP contribution < -0.4 is 5.73 Å². The smallest absolute Gasteiger partial charge is 0.137 e. The van der Waals surface area contributed by atoms with Gasteiger partial charge in [-0.2, -0.15) is 0 Å². The number of nitrogens with two attached hydrogens (primary N) is 1. The second-order valence-corrected chi connectivity index (χ2v) is 3.59. The first-order valence-corrected chi connectivity index (χ1v) is 4.64. The van der Waals surface area contributed by atoms with Gasteiger partial charge in [-0.05, 0) is 33.6 Å². The van der Waals surface area contributed by atoms with Crippen molar-refractivity contribution in [1.29, 1.82) is 0 Å². The van der Waals surface area contributed by atoms with Gasteiger partial charge in [-0.1, -0.05) is 6.07 Å². The molecule has 13 heavy (non-hydrogen) atoms. The van der Waals surface area contributed by atoms with Gasteiger partial charge in [-0.3, -0.25) is 0 Å². The maximum Gasteiger partial charge on any atom is 0.137 e. The molecule has 0 aliphatic carbocycles. The summed E-state index contributed by atoms with van der Waals surface area (Å²) in [6.45, 7) is 0.429. The summed E-state index contributed by atoms with van der Waals surface area (Å²) in [5, 5.41) is 0. The zero-order valence-corrected chi connectivity index (χ0v) is 8.84. The Morgan fingerprint density at radius 2 is 2.31 bits per heavy atom. The second kappa shape index (κ2) is 4.69. The number of hydrogen-bond donors (Lipinski definition) is 1. The second-order valence-electron chi connectivity index (χ2n) is 2.74. The van der Waals surface area contributed by atoms with E-state index >= 15 is 0 Å². The third kappa shape index (κ3) is 2.76. The first-order valence-electron chi connectivity index (χ1n) is 3.84. The molecule has 4 heteroatoms. The van der Waals surface area contributed by atoms with Crippen molar-refractivity contribution in [2.75, 3.05) is 13.7 Å². The van der Waals surface area contributed by atoms with Crippen LogP contribution in [0.4, 0.5) is 4.39 Å². The van der Waals surface area contributed by atoms with E-state index in [1.54, 1.807) is 19.2 Å². The number of hydrogen-bond acceptors (Lipinski definition) is 2. The van der Waals surface area contributed by atoms with Gasteiger partial charge in [0.05, 0.1) is 17.1 Å². The molecule has 2 nitrogen and oxygen atoms in total. The van der Waals surface area contributed by atoms with Gasteiger partial charge in [0.25, 0.3) is 0 Å². The maximum absolute atomic E-state index is 12.8. The summed E-state index contributed by atoms with van der Waals surface area (Å²) >= 11 is 3.09. The van der Waals surface area contributed by atoms with Crippen LogP contribution in [0, 0.1) is 5.82 Å². The van der Waals surface area contributed by atoms with E-state index in [1.165, 1.54) is 6.07 Å². The number of methoxy groups -OCH3 is 1. The maximum atomic E-state index is 12.8. The van der Waals surface area contributed by atoms with Crippen LogP contribution >= 0.6 is 15.9 Å². The van der Waals surface area contributed by atoms with Gasteiger partial charge in [-0.15, -0.1) is 0 Å². The summed E-state index contributed by atoms with van der Waals surface area (Å²) in [7, 11) is 1.58. The highest BCUT2D eigenvalue weighted by Crippen LogP contribution is 2.20. The lowest BCUT2D eigenvalue weighted by Crippen LogP contribution is -2.16. The van der Waals surface area contributed by atoms with Gasteiger partial charge < -0.3 is 10.5 Å². The van der Waals surface area contributed by atoms with Crippen LogP contribution in [0.3, 0.4) is 0 Å². The lowest BCUT2D eigenvalue weighted by molar-refractivity contribution is 0.181. The predicted octanol–water partition coefficient (Wildman–Crippen LogP) is 2.23. The van der Waals surface area contributed by atoms with E-state index in [-0.39, 0.29) is 11.9 Å². The van der Waals surface area contributed by atoms with Crippen LogP contribution in [-0.4, -0.2) is 13.7 Å². The molecule has 0 spiro atoms. The van der Waals surface area contributed by atoms with Crippen molar-refractivity contribution in [2.45, 2.75) is 6.04 Å². The highest BCUT2D eigenvalue weighted by atomic mass is 79.9. The minimum atomic E-state index is -0.284. The van der Waals surface area contributed by atoms with Crippen molar-refractivity contribution in [3.05, 3.63) is 34.1 Å². The SMILES string of the molecule is COC[C@H](N)c1ccc(F)c(Br)c1. The molecule has 1 aromatic rings. The molecule has 0 amide bonds. The predicted molar refractivity (Wildman–Crippen MR) is 52.9 cm³/mol. The minimum Gasteiger partial charge on any atom is -0.383 e. The molecule has 0 aliphatic rings. The molecule has 0 radical (unpaired) electrons. The Morgan fingerprint density at radius 1 is 1.62 bits per heavy atom. The summed E-state index contributed by atoms with van der Waals surface area (Å²) in [5.74, 6) is -0.284. The fourth-order valence-electron chi connectivity index (χ4n) is 1.02. The molecule has 0 fully saturated rings. The molecule has 1 rings (SSSR count). The van der Waals surface area contributed by atoms with Gasteiger partial charge in [0, 0.05) is 7.11 Å². The molecule has 1 atom stereocenters. The lowest BCUT2D eigenvalue weighted by Gasteiger charge is -2.10. The number of halogens is 2. The van der Waals surface area contributed by atoms with Gasteiger partial charge in [-0.25, -0.2) is 4.39 Å². The first-order chi connectivity index (χ1) is 6.15. The van der Waals surface area contributed by atoms with Crippen molar-refractivity contribution < 1.29 is 9.13 Å². The van der Waals surface area contributed by atoms with Crippen LogP contribution in [0.2, 0.25) is 0 Å². The normalized spacial score (nSPS) is 12.9. The quantitative estimate of drug-likeness (QED) is 0.890. The number of ether oxygens (including phenoxy) is 1. The van der Waals surface area contributed by atoms with Crippen LogP contribution in [0.15, 0.2) is 22.7 Å². The molecule has 0 bridgehead atoms. The van der Waals surface area contributed by atoms with E-state index < -0.39 is 0 Å². The number of benzene rings is 1. The van der Waals surface area contributed by atoms with Gasteiger partial charge in [0.2, 0.25) is 0 Å². The highest BCUT2D eigenvalue weighted by molar-refractivity contribution is 9.10. The molecule has 0 aromatic heterocycles. The average Bonchev–Trinajstić information content (AvgIpc) is 2.10. The summed E-state index contributed by atoms with van der Waals surface area (Å²) < 4.78 is 18.2. The van der Waals surface area contributed by atoms with Gasteiger partial charge in [0.15, 0.2) is 0 Å². The molecular formula is C9H11BrFNO. The minimum absolute atomic E-state index is 0.207. The summed E-state index contributed by atoms with van der Waals surface area (Å²) in [6, 6.07) is 4.50. The third-order valence-electron chi connectivity index (χ3n) is 1.72. The Morgan fingerprint density at radius 3 is 2.85 bits per heavy atom. The van der Waals surface area contributed by atoms with E-state index in [2.05, 4.69) is 15.9 Å². The van der Waals surface area contributed by atoms with Crippen LogP contribution in [0.1, 0.15) is 11.6 Å². The summed E-state index contributed by atoms with van der Waals surface area (Å²) in [4.78, 5) is 0. The fraction of sp³-hybridized carbons (Fsp3) is 0.333. The first kappa shape index (κ1) is 10.6. The standard InChI is InChI=1S/C9H11BrFNO/c1-13-5-9(12)6-2-3-8(11)7(10)4-6/h2-4,9H,5,12H2,1H3/t9-/m0/s1. The zero-order valence-electron chi connectivity index (χ0n) is 7.26. The van der Waals surface area contributed by atoms with E-state index in [1.807, 2.05) is 0 Å². The monoisotopic (exact) mass is 247 g/mol. The molecule has 0 saturated heterocycles. The molecular weight excluding hydrogens is 237 g/mol. The van der Waals surface area contributed by atoms with Crippen LogP contribution in [0.25, 0.3) is 0 Å². The Labute approximate surface area is 85.0 Å². The van der Waals surface area contributed by atoms with Crippen molar-refractivity contribution in [1.82, 2.24) is 0 Å². The van der Waals surface area contributed by atoms with E-state index in [4.69, 9.17) is 10.5 Å². The fourth-order valence-corrected chi connectivity index (χ4v) is 1.42. The Bertz CT molecular complexity index is 293. The van der Waals surface area contributed by atoms with Gasteiger partial charge in [0.1, 0.15) is 5.82 Å². The Balaban J connectivity index is 2.84. The largest absolute Gasteiger partial charge is 0.383 e. The van der Waals surface area contributed by atoms with Crippen molar-refractivity contribution in [3.63, 3.8) is 0 Å². The topological polar surface area (TPSA) is 35.2 Å². The average molecular weight is 248 g/mol. The van der Waals surface area contributed by atoms with Crippen molar-refractivity contribution in [2.24, 2.45) is 5.73 Å². The molecule has 0 heterocycles. The van der Waals surface area contributed by atoms with E-state index in [0.717, 1.165) is 5.56 Å². The Hall–Kier alpha value is -0.450. The molecule has 2 N–H and O–H groups in total. The van der Waals surface area contributed by atoms with E-state index in [0.29, 0.717) is 11.1 Å². The van der Waals surface area contributed by atoms with Crippen LogP contribution in [0.5, 0.6) is 0 Å². The molecule has 0 saturated carbocycles. The molecule has 72 valence electrons. The summed E-state index contributed by atoms with van der Waals surface area (Å²) in [5.41, 5.74) is 6.61. The number of rotatable bonds is 3. The van der Waals surface area contributed by atoms with Crippen molar-refractivity contribution in [3.8, 4) is 0 Å². The lowest BCUT2D eigenvalue weighted by atomic mass is 10.1. The molecule has 0 aliphatic heterocycles. The van der Waals surface area contributed by atoms with Crippen molar-refractivity contribution >= 4 is 15.9 Å². The Kier molecular flexibility index (Phi) is 3.84. The van der Waals surface area contributed by atoms with Gasteiger partial charge >= 0.3 is 0 Å². The third-order valence-corrected chi connectivity index (χ3v) is 2.33. The van der Waals surface area contributed by atoms with Crippen LogP contribution in [-0.2, 0) is 4.74 Å².